The van der Waals surface area contributed by atoms with Crippen molar-refractivity contribution < 1.29 is 17.6 Å². The zero-order valence-corrected chi connectivity index (χ0v) is 18.2. The summed E-state index contributed by atoms with van der Waals surface area (Å²) in [6, 6.07) is 13.5. The minimum absolute atomic E-state index is 0.0178. The van der Waals surface area contributed by atoms with Crippen LogP contribution in [0.2, 0.25) is 5.02 Å². The highest BCUT2D eigenvalue weighted by atomic mass is 35.5. The molecular formula is C21H17ClFN5O3S. The van der Waals surface area contributed by atoms with Gasteiger partial charge in [0.25, 0.3) is 15.9 Å². The molecule has 11 heteroatoms. The summed E-state index contributed by atoms with van der Waals surface area (Å²) in [6.45, 7) is 1.76. The molecular weight excluding hydrogens is 457 g/mol. The van der Waals surface area contributed by atoms with Gasteiger partial charge in [-0.1, -0.05) is 17.7 Å². The van der Waals surface area contributed by atoms with Crippen molar-refractivity contribution in [2.24, 2.45) is 0 Å². The maximum atomic E-state index is 13.1. The predicted octanol–water partition coefficient (Wildman–Crippen LogP) is 3.81. The molecule has 2 aromatic carbocycles. The van der Waals surface area contributed by atoms with Gasteiger partial charge in [-0.2, -0.15) is 0 Å². The van der Waals surface area contributed by atoms with E-state index in [-0.39, 0.29) is 21.2 Å². The van der Waals surface area contributed by atoms with Gasteiger partial charge in [0.1, 0.15) is 5.82 Å². The van der Waals surface area contributed by atoms with Crippen LogP contribution in [0.4, 0.5) is 10.1 Å². The molecule has 0 spiro atoms. The standard InChI is InChI=1S/C21H17ClFN5O3S/c1-13(20-26-25-19-4-2-3-11-28(19)20)24-21(29)14-5-10-17(22)18(12-14)27-32(30,31)16-8-6-15(23)7-9-16/h2-13,27H,1H3,(H,24,29). The van der Waals surface area contributed by atoms with E-state index in [1.54, 1.807) is 23.6 Å². The number of nitrogens with one attached hydrogen (secondary N) is 2. The minimum atomic E-state index is -4.03. The zero-order valence-electron chi connectivity index (χ0n) is 16.7. The van der Waals surface area contributed by atoms with Gasteiger partial charge in [-0.25, -0.2) is 12.8 Å². The Bertz CT molecular complexity index is 1410. The van der Waals surface area contributed by atoms with Crippen molar-refractivity contribution in [1.82, 2.24) is 19.9 Å². The van der Waals surface area contributed by atoms with Crippen LogP contribution in [-0.4, -0.2) is 28.9 Å². The number of pyridine rings is 1. The summed E-state index contributed by atoms with van der Waals surface area (Å²) in [5.41, 5.74) is 0.851. The van der Waals surface area contributed by atoms with Crippen molar-refractivity contribution in [3.8, 4) is 0 Å². The van der Waals surface area contributed by atoms with Crippen LogP contribution in [0, 0.1) is 5.82 Å². The second-order valence-electron chi connectivity index (χ2n) is 6.94. The molecule has 0 aliphatic heterocycles. The molecule has 2 N–H and O–H groups in total. The Labute approximate surface area is 188 Å². The number of fused-ring (bicyclic) bond motifs is 1. The Morgan fingerprint density at radius 2 is 1.84 bits per heavy atom. The largest absolute Gasteiger partial charge is 0.342 e. The van der Waals surface area contributed by atoms with E-state index >= 15 is 0 Å². The highest BCUT2D eigenvalue weighted by molar-refractivity contribution is 7.92. The van der Waals surface area contributed by atoms with E-state index in [0.717, 1.165) is 24.3 Å². The summed E-state index contributed by atoms with van der Waals surface area (Å²) in [6.07, 6.45) is 1.79. The minimum Gasteiger partial charge on any atom is -0.342 e. The fraction of sp³-hybridized carbons (Fsp3) is 0.0952. The third kappa shape index (κ3) is 4.41. The lowest BCUT2D eigenvalue weighted by molar-refractivity contribution is 0.0938. The molecule has 0 aliphatic carbocycles. The number of anilines is 1. The lowest BCUT2D eigenvalue weighted by Gasteiger charge is -2.14. The zero-order chi connectivity index (χ0) is 22.9. The average Bonchev–Trinajstić information content (AvgIpc) is 3.20. The number of halogens is 2. The van der Waals surface area contributed by atoms with Crippen LogP contribution in [0.5, 0.6) is 0 Å². The molecule has 0 aliphatic rings. The first-order chi connectivity index (χ1) is 15.2. The van der Waals surface area contributed by atoms with Crippen LogP contribution in [-0.2, 0) is 10.0 Å². The smallest absolute Gasteiger partial charge is 0.261 e. The number of hydrogen-bond donors (Lipinski definition) is 2. The number of nitrogens with zero attached hydrogens (tertiary/aromatic N) is 3. The summed E-state index contributed by atoms with van der Waals surface area (Å²) >= 11 is 6.13. The molecule has 0 saturated carbocycles. The number of carbonyl (C=O) groups excluding carboxylic acids is 1. The van der Waals surface area contributed by atoms with Crippen molar-refractivity contribution in [2.45, 2.75) is 17.9 Å². The molecule has 1 atom stereocenters. The van der Waals surface area contributed by atoms with Crippen molar-refractivity contribution >= 4 is 38.9 Å². The normalized spacial score (nSPS) is 12.5. The monoisotopic (exact) mass is 473 g/mol. The third-order valence-corrected chi connectivity index (χ3v) is 6.38. The molecule has 0 bridgehead atoms. The predicted molar refractivity (Wildman–Crippen MR) is 118 cm³/mol. The summed E-state index contributed by atoms with van der Waals surface area (Å²) in [5.74, 6) is -0.473. The summed E-state index contributed by atoms with van der Waals surface area (Å²) < 4.78 is 42.4. The van der Waals surface area contributed by atoms with Gasteiger partial charge < -0.3 is 5.32 Å². The molecule has 0 fully saturated rings. The Morgan fingerprint density at radius 3 is 2.59 bits per heavy atom. The molecule has 32 heavy (non-hydrogen) atoms. The van der Waals surface area contributed by atoms with E-state index in [2.05, 4.69) is 20.2 Å². The number of carbonyl (C=O) groups is 1. The van der Waals surface area contributed by atoms with Crippen LogP contribution in [0.25, 0.3) is 5.65 Å². The SMILES string of the molecule is CC(NC(=O)c1ccc(Cl)c(NS(=O)(=O)c2ccc(F)cc2)c1)c1nnc2ccccn12. The lowest BCUT2D eigenvalue weighted by Crippen LogP contribution is -2.28. The number of aromatic nitrogens is 3. The fourth-order valence-electron chi connectivity index (χ4n) is 3.06. The molecule has 1 unspecified atom stereocenters. The van der Waals surface area contributed by atoms with E-state index in [1.165, 1.54) is 18.2 Å². The van der Waals surface area contributed by atoms with Crippen LogP contribution >= 0.6 is 11.6 Å². The maximum Gasteiger partial charge on any atom is 0.261 e. The van der Waals surface area contributed by atoms with E-state index in [1.807, 2.05) is 12.1 Å². The van der Waals surface area contributed by atoms with Gasteiger partial charge >= 0.3 is 0 Å². The molecule has 0 saturated heterocycles. The molecule has 2 aromatic heterocycles. The van der Waals surface area contributed by atoms with Gasteiger partial charge in [-0.05, 0) is 61.5 Å². The number of amides is 1. The van der Waals surface area contributed by atoms with Crippen LogP contribution in [0.1, 0.15) is 29.1 Å². The van der Waals surface area contributed by atoms with E-state index in [4.69, 9.17) is 11.6 Å². The Morgan fingerprint density at radius 1 is 1.09 bits per heavy atom. The fourth-order valence-corrected chi connectivity index (χ4v) is 4.35. The number of benzene rings is 2. The topological polar surface area (TPSA) is 105 Å². The van der Waals surface area contributed by atoms with Crippen molar-refractivity contribution in [1.29, 1.82) is 0 Å². The van der Waals surface area contributed by atoms with E-state index in [9.17, 15) is 17.6 Å². The molecule has 4 rings (SSSR count). The van der Waals surface area contributed by atoms with E-state index < -0.39 is 27.8 Å². The Kier molecular flexibility index (Phi) is 5.81. The summed E-state index contributed by atoms with van der Waals surface area (Å²) in [7, 11) is -4.03. The van der Waals surface area contributed by atoms with Gasteiger partial charge in [0.15, 0.2) is 11.5 Å². The third-order valence-electron chi connectivity index (χ3n) is 4.67. The second kappa shape index (κ2) is 8.56. The first-order valence-corrected chi connectivity index (χ1v) is 11.3. The van der Waals surface area contributed by atoms with Gasteiger partial charge in [0.2, 0.25) is 0 Å². The summed E-state index contributed by atoms with van der Waals surface area (Å²) in [5, 5.41) is 11.1. The Hall–Kier alpha value is -3.50. The molecule has 4 aromatic rings. The first-order valence-electron chi connectivity index (χ1n) is 9.43. The van der Waals surface area contributed by atoms with Crippen LogP contribution < -0.4 is 10.0 Å². The van der Waals surface area contributed by atoms with Crippen molar-refractivity contribution in [3.63, 3.8) is 0 Å². The quantitative estimate of drug-likeness (QED) is 0.443. The molecule has 164 valence electrons. The maximum absolute atomic E-state index is 13.1. The van der Waals surface area contributed by atoms with Gasteiger partial charge in [-0.15, -0.1) is 10.2 Å². The first kappa shape index (κ1) is 21.7. The molecule has 1 amide bonds. The number of hydrogen-bond acceptors (Lipinski definition) is 5. The molecule has 0 radical (unpaired) electrons. The average molecular weight is 474 g/mol. The Balaban J connectivity index is 1.55. The van der Waals surface area contributed by atoms with E-state index in [0.29, 0.717) is 11.5 Å². The highest BCUT2D eigenvalue weighted by Gasteiger charge is 2.20. The molecule has 8 nitrogen and oxygen atoms in total. The van der Waals surface area contributed by atoms with Gasteiger partial charge in [0.05, 0.1) is 21.6 Å². The van der Waals surface area contributed by atoms with Gasteiger partial charge in [0, 0.05) is 11.8 Å². The number of sulfonamides is 1. The van der Waals surface area contributed by atoms with Crippen molar-refractivity contribution in [2.75, 3.05) is 4.72 Å². The molecule has 2 heterocycles. The van der Waals surface area contributed by atoms with Crippen LogP contribution in [0.3, 0.4) is 0 Å². The van der Waals surface area contributed by atoms with Gasteiger partial charge in [-0.3, -0.25) is 13.9 Å². The van der Waals surface area contributed by atoms with Crippen molar-refractivity contribution in [3.05, 3.63) is 89.1 Å². The lowest BCUT2D eigenvalue weighted by atomic mass is 10.1. The number of rotatable bonds is 6. The second-order valence-corrected chi connectivity index (χ2v) is 9.03. The summed E-state index contributed by atoms with van der Waals surface area (Å²) in [4.78, 5) is 12.7. The highest BCUT2D eigenvalue weighted by Crippen LogP contribution is 2.26. The van der Waals surface area contributed by atoms with Crippen LogP contribution in [0.15, 0.2) is 71.8 Å².